The lowest BCUT2D eigenvalue weighted by molar-refractivity contribution is -0.118. The van der Waals surface area contributed by atoms with Gasteiger partial charge in [0.1, 0.15) is 11.8 Å². The van der Waals surface area contributed by atoms with Crippen LogP contribution in [-0.4, -0.2) is 41.8 Å². The quantitative estimate of drug-likeness (QED) is 0.768. The molecule has 1 saturated heterocycles. The standard InChI is InChI=1S/C14H16N2O4/c1-9(17)16-11-6-4-3-5-10(11)14(19)7-8-15(12(14)16)13(18)20-2/h3-6,12,19H,7-8H2,1-2H3. The van der Waals surface area contributed by atoms with Crippen LogP contribution in [0.2, 0.25) is 0 Å². The maximum atomic E-state index is 12.0. The number of hydrogen-bond acceptors (Lipinski definition) is 4. The van der Waals surface area contributed by atoms with Crippen LogP contribution in [0.3, 0.4) is 0 Å². The minimum absolute atomic E-state index is 0.214. The maximum Gasteiger partial charge on any atom is 0.411 e. The molecule has 20 heavy (non-hydrogen) atoms. The summed E-state index contributed by atoms with van der Waals surface area (Å²) in [5, 5.41) is 11.0. The Hall–Kier alpha value is -2.08. The van der Waals surface area contributed by atoms with Gasteiger partial charge in [-0.05, 0) is 6.07 Å². The summed E-state index contributed by atoms with van der Waals surface area (Å²) >= 11 is 0. The van der Waals surface area contributed by atoms with Crippen LogP contribution < -0.4 is 4.90 Å². The summed E-state index contributed by atoms with van der Waals surface area (Å²) in [5.74, 6) is -0.214. The Kier molecular flexibility index (Phi) is 2.72. The highest BCUT2D eigenvalue weighted by Gasteiger charge is 2.59. The fourth-order valence-electron chi connectivity index (χ4n) is 3.26. The van der Waals surface area contributed by atoms with Crippen molar-refractivity contribution >= 4 is 17.7 Å². The van der Waals surface area contributed by atoms with Crippen molar-refractivity contribution in [3.05, 3.63) is 29.8 Å². The summed E-state index contributed by atoms with van der Waals surface area (Å²) in [7, 11) is 1.29. The summed E-state index contributed by atoms with van der Waals surface area (Å²) in [6.07, 6.45) is -0.886. The molecule has 0 aromatic heterocycles. The molecule has 1 fully saturated rings. The molecule has 2 amide bonds. The molecule has 6 heteroatoms. The molecule has 6 nitrogen and oxygen atoms in total. The fourth-order valence-corrected chi connectivity index (χ4v) is 3.26. The second-order valence-corrected chi connectivity index (χ2v) is 5.12. The highest BCUT2D eigenvalue weighted by molar-refractivity contribution is 5.96. The molecule has 2 atom stereocenters. The molecule has 0 aliphatic carbocycles. The Bertz CT molecular complexity index is 588. The number of nitrogens with zero attached hydrogens (tertiary/aromatic N) is 2. The molecular weight excluding hydrogens is 260 g/mol. The normalized spacial score (nSPS) is 27.2. The zero-order valence-electron chi connectivity index (χ0n) is 11.4. The number of carbonyl (C=O) groups excluding carboxylic acids is 2. The topological polar surface area (TPSA) is 70.1 Å². The molecule has 2 heterocycles. The fraction of sp³-hybridized carbons (Fsp3) is 0.429. The van der Waals surface area contributed by atoms with Gasteiger partial charge in [0.2, 0.25) is 5.91 Å². The lowest BCUT2D eigenvalue weighted by Crippen LogP contribution is -2.53. The smallest absolute Gasteiger partial charge is 0.411 e. The molecule has 1 N–H and O–H groups in total. The molecule has 3 rings (SSSR count). The van der Waals surface area contributed by atoms with Crippen molar-refractivity contribution in [1.29, 1.82) is 0 Å². The molecule has 106 valence electrons. The molecule has 0 radical (unpaired) electrons. The third-order valence-electron chi connectivity index (χ3n) is 4.08. The van der Waals surface area contributed by atoms with Crippen molar-refractivity contribution < 1.29 is 19.4 Å². The number of fused-ring (bicyclic) bond motifs is 3. The molecular formula is C14H16N2O4. The molecule has 1 aromatic carbocycles. The van der Waals surface area contributed by atoms with E-state index in [9.17, 15) is 14.7 Å². The summed E-state index contributed by atoms with van der Waals surface area (Å²) in [6.45, 7) is 1.78. The molecule has 2 unspecified atom stereocenters. The van der Waals surface area contributed by atoms with Crippen molar-refractivity contribution in [2.45, 2.75) is 25.1 Å². The SMILES string of the molecule is COC(=O)N1CCC2(O)c3ccccc3N(C(C)=O)C12. The number of likely N-dealkylation sites (tertiary alicyclic amines) is 1. The van der Waals surface area contributed by atoms with E-state index in [1.165, 1.54) is 23.8 Å². The molecule has 0 saturated carbocycles. The number of rotatable bonds is 0. The number of para-hydroxylation sites is 1. The lowest BCUT2D eigenvalue weighted by atomic mass is 9.93. The first-order valence-electron chi connectivity index (χ1n) is 6.47. The van der Waals surface area contributed by atoms with E-state index in [-0.39, 0.29) is 5.91 Å². The van der Waals surface area contributed by atoms with Gasteiger partial charge in [-0.15, -0.1) is 0 Å². The average molecular weight is 276 g/mol. The Morgan fingerprint density at radius 3 is 2.75 bits per heavy atom. The van der Waals surface area contributed by atoms with E-state index >= 15 is 0 Å². The first-order chi connectivity index (χ1) is 9.50. The maximum absolute atomic E-state index is 12.0. The summed E-state index contributed by atoms with van der Waals surface area (Å²) in [6, 6.07) is 7.20. The minimum atomic E-state index is -1.23. The number of anilines is 1. The predicted molar refractivity (Wildman–Crippen MR) is 71.0 cm³/mol. The van der Waals surface area contributed by atoms with Gasteiger partial charge in [0, 0.05) is 25.5 Å². The Morgan fingerprint density at radius 2 is 2.10 bits per heavy atom. The van der Waals surface area contributed by atoms with Gasteiger partial charge in [-0.25, -0.2) is 4.79 Å². The van der Waals surface area contributed by atoms with Crippen LogP contribution in [0.15, 0.2) is 24.3 Å². The zero-order chi connectivity index (χ0) is 14.5. The minimum Gasteiger partial charge on any atom is -0.453 e. The van der Waals surface area contributed by atoms with Crippen molar-refractivity contribution in [3.8, 4) is 0 Å². The van der Waals surface area contributed by atoms with E-state index in [4.69, 9.17) is 4.74 Å². The zero-order valence-corrected chi connectivity index (χ0v) is 11.4. The third kappa shape index (κ3) is 1.48. The summed E-state index contributed by atoms with van der Waals surface area (Å²) in [4.78, 5) is 26.7. The Balaban J connectivity index is 2.14. The number of amides is 2. The average Bonchev–Trinajstić information content (AvgIpc) is 2.89. The van der Waals surface area contributed by atoms with Crippen LogP contribution in [0, 0.1) is 0 Å². The van der Waals surface area contributed by atoms with E-state index in [1.807, 2.05) is 12.1 Å². The van der Waals surface area contributed by atoms with Crippen LogP contribution in [0.1, 0.15) is 18.9 Å². The number of methoxy groups -OCH3 is 1. The Labute approximate surface area is 116 Å². The predicted octanol–water partition coefficient (Wildman–Crippen LogP) is 1.04. The molecule has 2 aliphatic heterocycles. The molecule has 0 bridgehead atoms. The van der Waals surface area contributed by atoms with Gasteiger partial charge in [-0.3, -0.25) is 14.6 Å². The summed E-state index contributed by atoms with van der Waals surface area (Å²) < 4.78 is 4.75. The van der Waals surface area contributed by atoms with Gasteiger partial charge >= 0.3 is 6.09 Å². The van der Waals surface area contributed by atoms with Crippen LogP contribution in [0.4, 0.5) is 10.5 Å². The van der Waals surface area contributed by atoms with E-state index in [0.29, 0.717) is 24.2 Å². The monoisotopic (exact) mass is 276 g/mol. The molecule has 0 spiro atoms. The number of benzene rings is 1. The van der Waals surface area contributed by atoms with Gasteiger partial charge in [0.25, 0.3) is 0 Å². The van der Waals surface area contributed by atoms with Crippen molar-refractivity contribution in [2.75, 3.05) is 18.6 Å². The van der Waals surface area contributed by atoms with Crippen molar-refractivity contribution in [3.63, 3.8) is 0 Å². The van der Waals surface area contributed by atoms with Gasteiger partial charge in [-0.2, -0.15) is 0 Å². The van der Waals surface area contributed by atoms with E-state index in [0.717, 1.165) is 0 Å². The van der Waals surface area contributed by atoms with Crippen LogP contribution >= 0.6 is 0 Å². The van der Waals surface area contributed by atoms with Gasteiger partial charge < -0.3 is 9.84 Å². The van der Waals surface area contributed by atoms with Crippen LogP contribution in [0.25, 0.3) is 0 Å². The van der Waals surface area contributed by atoms with Gasteiger partial charge in [0.05, 0.1) is 12.8 Å². The highest BCUT2D eigenvalue weighted by Crippen LogP contribution is 2.50. The second kappa shape index (κ2) is 4.21. The largest absolute Gasteiger partial charge is 0.453 e. The first-order valence-corrected chi connectivity index (χ1v) is 6.47. The van der Waals surface area contributed by atoms with Gasteiger partial charge in [-0.1, -0.05) is 18.2 Å². The van der Waals surface area contributed by atoms with E-state index < -0.39 is 17.9 Å². The van der Waals surface area contributed by atoms with Gasteiger partial charge in [0.15, 0.2) is 0 Å². The number of aliphatic hydroxyl groups is 1. The van der Waals surface area contributed by atoms with Crippen molar-refractivity contribution in [2.24, 2.45) is 0 Å². The van der Waals surface area contributed by atoms with Crippen molar-refractivity contribution in [1.82, 2.24) is 4.90 Å². The first kappa shape index (κ1) is 12.9. The Morgan fingerprint density at radius 1 is 1.40 bits per heavy atom. The summed E-state index contributed by atoms with van der Waals surface area (Å²) in [5.41, 5.74) is 0.115. The molecule has 1 aromatic rings. The van der Waals surface area contributed by atoms with Crippen LogP contribution in [-0.2, 0) is 15.1 Å². The second-order valence-electron chi connectivity index (χ2n) is 5.12. The molecule has 2 aliphatic rings. The number of hydrogen-bond donors (Lipinski definition) is 1. The highest BCUT2D eigenvalue weighted by atomic mass is 16.5. The third-order valence-corrected chi connectivity index (χ3v) is 4.08. The number of ether oxygens (including phenoxy) is 1. The number of carbonyl (C=O) groups is 2. The van der Waals surface area contributed by atoms with E-state index in [2.05, 4.69) is 0 Å². The van der Waals surface area contributed by atoms with Crippen LogP contribution in [0.5, 0.6) is 0 Å². The van der Waals surface area contributed by atoms with E-state index in [1.54, 1.807) is 12.1 Å². The lowest BCUT2D eigenvalue weighted by Gasteiger charge is -2.33.